The fourth-order valence-corrected chi connectivity index (χ4v) is 3.31. The molecule has 0 saturated carbocycles. The summed E-state index contributed by atoms with van der Waals surface area (Å²) in [5, 5.41) is 0. The molecular weight excluding hydrogens is 392 g/mol. The normalized spacial score (nSPS) is 14.3. The van der Waals surface area contributed by atoms with E-state index in [-0.39, 0.29) is 12.3 Å². The zero-order chi connectivity index (χ0) is 18.4. The highest BCUT2D eigenvalue weighted by Crippen LogP contribution is 2.23. The van der Waals surface area contributed by atoms with Gasteiger partial charge in [0.25, 0.3) is 0 Å². The summed E-state index contributed by atoms with van der Waals surface area (Å²) in [5.41, 5.74) is 1.68. The molecule has 2 aromatic carbocycles. The van der Waals surface area contributed by atoms with Crippen molar-refractivity contribution in [1.82, 2.24) is 0 Å². The van der Waals surface area contributed by atoms with Gasteiger partial charge in [-0.2, -0.15) is 0 Å². The van der Waals surface area contributed by atoms with Crippen LogP contribution >= 0.6 is 15.9 Å². The number of nitrogens with zero attached hydrogens (tertiary/aromatic N) is 2. The lowest BCUT2D eigenvalue weighted by Gasteiger charge is -2.26. The summed E-state index contributed by atoms with van der Waals surface area (Å²) in [6.07, 6.45) is 4.31. The first-order chi connectivity index (χ1) is 12.7. The lowest BCUT2D eigenvalue weighted by Crippen LogP contribution is -2.36. The Bertz CT molecular complexity index is 770. The van der Waals surface area contributed by atoms with Crippen LogP contribution in [0.15, 0.2) is 58.0 Å². The molecule has 4 nitrogen and oxygen atoms in total. The Kier molecular flexibility index (Phi) is 6.45. The van der Waals surface area contributed by atoms with Gasteiger partial charge in [0.05, 0.1) is 13.7 Å². The van der Waals surface area contributed by atoms with Gasteiger partial charge in [0.2, 0.25) is 0 Å². The Balaban J connectivity index is 1.87. The van der Waals surface area contributed by atoms with Crippen LogP contribution in [-0.2, 0) is 0 Å². The van der Waals surface area contributed by atoms with E-state index in [0.29, 0.717) is 5.56 Å². The molecule has 0 amide bonds. The average molecular weight is 415 g/mol. The maximum Gasteiger partial charge on any atom is 0.182 e. The van der Waals surface area contributed by atoms with Crippen LogP contribution in [0.5, 0.6) is 5.75 Å². The number of ketones is 1. The van der Waals surface area contributed by atoms with Crippen molar-refractivity contribution in [3.8, 4) is 5.75 Å². The molecule has 0 bridgehead atoms. The van der Waals surface area contributed by atoms with Crippen LogP contribution in [0.1, 0.15) is 36.0 Å². The van der Waals surface area contributed by atoms with Crippen molar-refractivity contribution in [1.29, 1.82) is 0 Å². The number of anilines is 1. The molecule has 2 aromatic rings. The first kappa shape index (κ1) is 18.6. The molecule has 5 heteroatoms. The van der Waals surface area contributed by atoms with E-state index in [0.717, 1.165) is 47.6 Å². The number of ether oxygens (including phenoxy) is 1. The van der Waals surface area contributed by atoms with Crippen molar-refractivity contribution >= 4 is 33.2 Å². The Labute approximate surface area is 163 Å². The number of hydrogen-bond donors (Lipinski definition) is 0. The Morgan fingerprint density at radius 3 is 2.50 bits per heavy atom. The smallest absolute Gasteiger partial charge is 0.182 e. The lowest BCUT2D eigenvalue weighted by atomic mass is 10.1. The minimum Gasteiger partial charge on any atom is -0.497 e. The molecule has 0 saturated heterocycles. The molecule has 1 aliphatic heterocycles. The number of halogens is 1. The van der Waals surface area contributed by atoms with Gasteiger partial charge in [0.15, 0.2) is 5.78 Å². The highest BCUT2D eigenvalue weighted by atomic mass is 79.9. The van der Waals surface area contributed by atoms with Crippen LogP contribution in [0.3, 0.4) is 0 Å². The minimum absolute atomic E-state index is 0.0836. The number of amidine groups is 1. The van der Waals surface area contributed by atoms with E-state index in [1.807, 2.05) is 48.5 Å². The molecular formula is C21H23BrN2O2. The fraction of sp³-hybridized carbons (Fsp3) is 0.333. The number of hydrogen-bond acceptors (Lipinski definition) is 4. The molecule has 136 valence electrons. The number of Topliss-reactive ketones (excluding diaryl/α,β-unsaturated/α-hetero) is 1. The van der Waals surface area contributed by atoms with E-state index in [1.165, 1.54) is 6.42 Å². The standard InChI is InChI=1S/C21H23BrN2O2/c1-26-19-12-10-18(11-13-19)24(21-5-3-2-4-14-23-21)15-20(25)16-6-8-17(22)9-7-16/h6-13H,2-5,14-15H2,1H3. The zero-order valence-corrected chi connectivity index (χ0v) is 16.5. The van der Waals surface area contributed by atoms with Crippen molar-refractivity contribution in [3.63, 3.8) is 0 Å². The lowest BCUT2D eigenvalue weighted by molar-refractivity contribution is 0.100. The molecule has 1 heterocycles. The van der Waals surface area contributed by atoms with Gasteiger partial charge in [0.1, 0.15) is 11.6 Å². The largest absolute Gasteiger partial charge is 0.497 e. The van der Waals surface area contributed by atoms with Crippen molar-refractivity contribution in [2.75, 3.05) is 25.1 Å². The highest BCUT2D eigenvalue weighted by molar-refractivity contribution is 9.10. The second-order valence-corrected chi connectivity index (χ2v) is 7.24. The third kappa shape index (κ3) is 4.73. The van der Waals surface area contributed by atoms with Crippen LogP contribution in [0.25, 0.3) is 0 Å². The molecule has 1 aliphatic rings. The minimum atomic E-state index is 0.0836. The number of methoxy groups -OCH3 is 1. The first-order valence-corrected chi connectivity index (χ1v) is 9.70. The molecule has 3 rings (SSSR count). The third-order valence-corrected chi connectivity index (χ3v) is 5.05. The summed E-state index contributed by atoms with van der Waals surface area (Å²) in [6, 6.07) is 15.3. The number of carbonyl (C=O) groups is 1. The Morgan fingerprint density at radius 1 is 1.08 bits per heavy atom. The SMILES string of the molecule is COc1ccc(N(CC(=O)c2ccc(Br)cc2)C2=NCCCCC2)cc1. The van der Waals surface area contributed by atoms with Gasteiger partial charge in [-0.15, -0.1) is 0 Å². The van der Waals surface area contributed by atoms with E-state index >= 15 is 0 Å². The van der Waals surface area contributed by atoms with Crippen molar-refractivity contribution in [2.24, 2.45) is 4.99 Å². The van der Waals surface area contributed by atoms with Crippen LogP contribution in [-0.4, -0.2) is 31.8 Å². The molecule has 0 aliphatic carbocycles. The summed E-state index contributed by atoms with van der Waals surface area (Å²) >= 11 is 3.41. The summed E-state index contributed by atoms with van der Waals surface area (Å²) in [4.78, 5) is 19.7. The van der Waals surface area contributed by atoms with Gasteiger partial charge >= 0.3 is 0 Å². The molecule has 0 fully saturated rings. The van der Waals surface area contributed by atoms with Crippen LogP contribution in [0, 0.1) is 0 Å². The molecule has 0 radical (unpaired) electrons. The first-order valence-electron chi connectivity index (χ1n) is 8.91. The molecule has 0 spiro atoms. The summed E-state index contributed by atoms with van der Waals surface area (Å²) < 4.78 is 6.22. The van der Waals surface area contributed by atoms with Crippen molar-refractivity contribution < 1.29 is 9.53 Å². The third-order valence-electron chi connectivity index (χ3n) is 4.52. The predicted octanol–water partition coefficient (Wildman–Crippen LogP) is 5.12. The predicted molar refractivity (Wildman–Crippen MR) is 110 cm³/mol. The van der Waals surface area contributed by atoms with Gasteiger partial charge in [-0.25, -0.2) is 0 Å². The van der Waals surface area contributed by atoms with E-state index in [4.69, 9.17) is 9.73 Å². The second kappa shape index (κ2) is 8.99. The summed E-state index contributed by atoms with van der Waals surface area (Å²) in [5.74, 6) is 1.88. The highest BCUT2D eigenvalue weighted by Gasteiger charge is 2.19. The van der Waals surface area contributed by atoms with Crippen LogP contribution in [0.2, 0.25) is 0 Å². The van der Waals surface area contributed by atoms with Crippen molar-refractivity contribution in [2.45, 2.75) is 25.7 Å². The maximum absolute atomic E-state index is 12.9. The Hall–Kier alpha value is -2.14. The van der Waals surface area contributed by atoms with E-state index < -0.39 is 0 Å². The quantitative estimate of drug-likeness (QED) is 0.637. The summed E-state index contributed by atoms with van der Waals surface area (Å²) in [7, 11) is 1.65. The molecule has 0 unspecified atom stereocenters. The molecule has 0 N–H and O–H groups in total. The molecule has 0 aromatic heterocycles. The number of benzene rings is 2. The number of carbonyl (C=O) groups excluding carboxylic acids is 1. The van der Waals surface area contributed by atoms with Gasteiger partial charge in [-0.3, -0.25) is 9.79 Å². The Morgan fingerprint density at radius 2 is 1.81 bits per heavy atom. The monoisotopic (exact) mass is 414 g/mol. The molecule has 26 heavy (non-hydrogen) atoms. The average Bonchev–Trinajstić information content (AvgIpc) is 2.96. The van der Waals surface area contributed by atoms with Crippen LogP contribution in [0.4, 0.5) is 5.69 Å². The fourth-order valence-electron chi connectivity index (χ4n) is 3.04. The van der Waals surface area contributed by atoms with Gasteiger partial charge in [-0.1, -0.05) is 34.5 Å². The van der Waals surface area contributed by atoms with Gasteiger partial charge < -0.3 is 9.64 Å². The van der Waals surface area contributed by atoms with E-state index in [1.54, 1.807) is 7.11 Å². The number of rotatable bonds is 5. The second-order valence-electron chi connectivity index (χ2n) is 6.32. The van der Waals surface area contributed by atoms with Gasteiger partial charge in [-0.05, 0) is 49.2 Å². The molecule has 0 atom stereocenters. The topological polar surface area (TPSA) is 41.9 Å². The van der Waals surface area contributed by atoms with Crippen LogP contribution < -0.4 is 9.64 Å². The van der Waals surface area contributed by atoms with Crippen molar-refractivity contribution in [3.05, 3.63) is 58.6 Å². The van der Waals surface area contributed by atoms with Gasteiger partial charge in [0, 0.05) is 28.7 Å². The summed E-state index contributed by atoms with van der Waals surface area (Å²) in [6.45, 7) is 1.11. The number of aliphatic imine (C=N–C) groups is 1. The van der Waals surface area contributed by atoms with E-state index in [2.05, 4.69) is 20.8 Å². The van der Waals surface area contributed by atoms with E-state index in [9.17, 15) is 4.79 Å². The maximum atomic E-state index is 12.9. The zero-order valence-electron chi connectivity index (χ0n) is 15.0.